The largest absolute Gasteiger partial charge is 0.483 e. The first-order valence-corrected chi connectivity index (χ1v) is 9.70. The van der Waals surface area contributed by atoms with E-state index in [-0.39, 0.29) is 12.4 Å². The van der Waals surface area contributed by atoms with E-state index in [4.69, 9.17) is 9.90 Å². The first-order chi connectivity index (χ1) is 14.2. The number of H-pyrrole nitrogens is 1. The van der Waals surface area contributed by atoms with Gasteiger partial charge in [-0.15, -0.1) is 0 Å². The third kappa shape index (κ3) is 5.00. The quantitative estimate of drug-likeness (QED) is 0.649. The molecule has 29 heavy (non-hydrogen) atoms. The highest BCUT2D eigenvalue weighted by Gasteiger charge is 2.22. The van der Waals surface area contributed by atoms with Crippen molar-refractivity contribution in [3.05, 3.63) is 48.2 Å². The molecular formula is C20H26N6O3. The van der Waals surface area contributed by atoms with Crippen LogP contribution in [0.2, 0.25) is 0 Å². The molecule has 3 heterocycles. The number of hydrogen-bond donors (Lipinski definition) is 2. The second-order valence-electron chi connectivity index (χ2n) is 6.79. The molecule has 1 fully saturated rings. The first kappa shape index (κ1) is 20.5. The Labute approximate surface area is 168 Å². The van der Waals surface area contributed by atoms with Crippen LogP contribution in [-0.2, 0) is 17.9 Å². The molecule has 9 heteroatoms. The second-order valence-corrected chi connectivity index (χ2v) is 6.79. The number of nitrogens with one attached hydrogen (secondary N) is 1. The number of rotatable bonds is 4. The van der Waals surface area contributed by atoms with Crippen LogP contribution in [0, 0.1) is 0 Å². The molecule has 1 aliphatic heterocycles. The van der Waals surface area contributed by atoms with Crippen LogP contribution < -0.4 is 0 Å². The fourth-order valence-corrected chi connectivity index (χ4v) is 3.57. The number of carbonyl (C=O) groups excluding carboxylic acids is 1. The van der Waals surface area contributed by atoms with Crippen LogP contribution in [0.25, 0.3) is 10.9 Å². The number of carboxylic acid groups (broad SMARTS) is 1. The highest BCUT2D eigenvalue weighted by molar-refractivity contribution is 5.98. The normalized spacial score (nSPS) is 14.9. The summed E-state index contributed by atoms with van der Waals surface area (Å²) in [6, 6.07) is 9.94. The average molecular weight is 398 g/mol. The molecule has 3 aromatic rings. The number of amides is 1. The van der Waals surface area contributed by atoms with Crippen molar-refractivity contribution >= 4 is 23.3 Å². The summed E-state index contributed by atoms with van der Waals surface area (Å²) in [7, 11) is 0. The Hall–Kier alpha value is -3.20. The van der Waals surface area contributed by atoms with E-state index in [1.807, 2.05) is 39.9 Å². The minimum absolute atomic E-state index is 0.0831. The Balaban J connectivity index is 0.000000755. The Morgan fingerprint density at radius 1 is 1.24 bits per heavy atom. The number of benzene rings is 1. The maximum absolute atomic E-state index is 12.9. The van der Waals surface area contributed by atoms with E-state index >= 15 is 0 Å². The number of hydrogen-bond acceptors (Lipinski definition) is 5. The molecule has 0 radical (unpaired) electrons. The van der Waals surface area contributed by atoms with E-state index < -0.39 is 0 Å². The standard InChI is InChI=1S/C19H24N6O.CH2O2/c1-2-25-18(20-14-21-25)13-23-8-5-9-24(11-10-23)19(26)17-12-15-6-3-4-7-16(15)22-17;2-1-3/h3-4,6-7,12,14,22H,2,5,8-11,13H2,1H3;1H,(H,2,3). The molecule has 2 aromatic heterocycles. The van der Waals surface area contributed by atoms with Gasteiger partial charge in [-0.05, 0) is 25.5 Å². The van der Waals surface area contributed by atoms with Crippen molar-refractivity contribution in [1.82, 2.24) is 29.5 Å². The molecule has 154 valence electrons. The zero-order chi connectivity index (χ0) is 20.6. The Kier molecular flexibility index (Phi) is 6.96. The number of nitrogens with zero attached hydrogens (tertiary/aromatic N) is 5. The number of aryl methyl sites for hydroxylation is 1. The summed E-state index contributed by atoms with van der Waals surface area (Å²) in [5.41, 5.74) is 1.68. The lowest BCUT2D eigenvalue weighted by molar-refractivity contribution is -0.122. The predicted molar refractivity (Wildman–Crippen MR) is 108 cm³/mol. The Morgan fingerprint density at radius 2 is 2.03 bits per heavy atom. The van der Waals surface area contributed by atoms with Crippen molar-refractivity contribution in [1.29, 1.82) is 0 Å². The van der Waals surface area contributed by atoms with Crippen molar-refractivity contribution in [3.63, 3.8) is 0 Å². The fourth-order valence-electron chi connectivity index (χ4n) is 3.57. The molecule has 0 spiro atoms. The van der Waals surface area contributed by atoms with Gasteiger partial charge < -0.3 is 15.0 Å². The van der Waals surface area contributed by atoms with Crippen LogP contribution in [-0.4, -0.2) is 73.2 Å². The highest BCUT2D eigenvalue weighted by Crippen LogP contribution is 2.17. The molecule has 0 atom stereocenters. The Morgan fingerprint density at radius 3 is 2.79 bits per heavy atom. The van der Waals surface area contributed by atoms with E-state index in [9.17, 15) is 4.79 Å². The van der Waals surface area contributed by atoms with Gasteiger partial charge in [-0.25, -0.2) is 9.67 Å². The molecule has 0 aliphatic carbocycles. The van der Waals surface area contributed by atoms with Crippen LogP contribution in [0.4, 0.5) is 0 Å². The topological polar surface area (TPSA) is 107 Å². The summed E-state index contributed by atoms with van der Waals surface area (Å²) < 4.78 is 1.93. The van der Waals surface area contributed by atoms with Crippen molar-refractivity contribution in [3.8, 4) is 0 Å². The number of para-hydroxylation sites is 1. The van der Waals surface area contributed by atoms with Gasteiger partial charge in [0.2, 0.25) is 0 Å². The third-order valence-corrected chi connectivity index (χ3v) is 5.00. The van der Waals surface area contributed by atoms with Crippen molar-refractivity contribution in [2.75, 3.05) is 26.2 Å². The molecule has 1 saturated heterocycles. The number of aromatic nitrogens is 4. The Bertz CT molecular complexity index is 918. The minimum atomic E-state index is -0.250. The number of aromatic amines is 1. The molecule has 2 N–H and O–H groups in total. The molecule has 1 aromatic carbocycles. The summed E-state index contributed by atoms with van der Waals surface area (Å²) >= 11 is 0. The lowest BCUT2D eigenvalue weighted by atomic mass is 10.2. The van der Waals surface area contributed by atoms with Gasteiger partial charge in [0.1, 0.15) is 17.8 Å². The minimum Gasteiger partial charge on any atom is -0.483 e. The predicted octanol–water partition coefficient (Wildman–Crippen LogP) is 1.83. The van der Waals surface area contributed by atoms with Crippen LogP contribution in [0.15, 0.2) is 36.7 Å². The molecule has 1 aliphatic rings. The smallest absolute Gasteiger partial charge is 0.290 e. The highest BCUT2D eigenvalue weighted by atomic mass is 16.3. The van der Waals surface area contributed by atoms with Gasteiger partial charge in [0.05, 0.1) is 6.54 Å². The van der Waals surface area contributed by atoms with Gasteiger partial charge >= 0.3 is 0 Å². The van der Waals surface area contributed by atoms with Gasteiger partial charge in [0.15, 0.2) is 0 Å². The molecule has 0 saturated carbocycles. The zero-order valence-electron chi connectivity index (χ0n) is 16.5. The molecule has 4 rings (SSSR count). The van der Waals surface area contributed by atoms with Gasteiger partial charge in [-0.1, -0.05) is 18.2 Å². The summed E-state index contributed by atoms with van der Waals surface area (Å²) in [5.74, 6) is 1.07. The van der Waals surface area contributed by atoms with E-state index in [2.05, 4.69) is 26.9 Å². The summed E-state index contributed by atoms with van der Waals surface area (Å²) in [6.45, 7) is 6.76. The van der Waals surface area contributed by atoms with Gasteiger partial charge in [0.25, 0.3) is 12.4 Å². The van der Waals surface area contributed by atoms with Crippen LogP contribution in [0.1, 0.15) is 29.7 Å². The molecule has 1 amide bonds. The van der Waals surface area contributed by atoms with Crippen LogP contribution in [0.3, 0.4) is 0 Å². The summed E-state index contributed by atoms with van der Waals surface area (Å²) in [4.78, 5) is 33.2. The van der Waals surface area contributed by atoms with E-state index in [0.717, 1.165) is 62.4 Å². The number of fused-ring (bicyclic) bond motifs is 1. The van der Waals surface area contributed by atoms with Gasteiger partial charge in [-0.2, -0.15) is 5.10 Å². The van der Waals surface area contributed by atoms with E-state index in [1.165, 1.54) is 0 Å². The summed E-state index contributed by atoms with van der Waals surface area (Å²) in [5, 5.41) is 12.2. The molecule has 0 unspecified atom stereocenters. The van der Waals surface area contributed by atoms with Crippen molar-refractivity contribution in [2.24, 2.45) is 0 Å². The molecule has 0 bridgehead atoms. The zero-order valence-corrected chi connectivity index (χ0v) is 16.5. The fraction of sp³-hybridized carbons (Fsp3) is 0.400. The molecule has 9 nitrogen and oxygen atoms in total. The SMILES string of the molecule is CCn1ncnc1CN1CCCN(C(=O)c2cc3ccccc3[nH]2)CC1.O=CO. The van der Waals surface area contributed by atoms with Gasteiger partial charge in [0, 0.05) is 43.6 Å². The van der Waals surface area contributed by atoms with E-state index in [1.54, 1.807) is 6.33 Å². The monoisotopic (exact) mass is 398 g/mol. The lowest BCUT2D eigenvalue weighted by Crippen LogP contribution is -2.35. The van der Waals surface area contributed by atoms with Crippen LogP contribution >= 0.6 is 0 Å². The third-order valence-electron chi connectivity index (χ3n) is 5.00. The summed E-state index contributed by atoms with van der Waals surface area (Å²) in [6.07, 6.45) is 2.58. The second kappa shape index (κ2) is 9.83. The van der Waals surface area contributed by atoms with Crippen LogP contribution in [0.5, 0.6) is 0 Å². The maximum atomic E-state index is 12.9. The van der Waals surface area contributed by atoms with Gasteiger partial charge in [-0.3, -0.25) is 14.5 Å². The average Bonchev–Trinajstić information content (AvgIpc) is 3.29. The van der Waals surface area contributed by atoms with Crippen molar-refractivity contribution in [2.45, 2.75) is 26.4 Å². The number of carbonyl (C=O) groups is 2. The first-order valence-electron chi connectivity index (χ1n) is 9.70. The van der Waals surface area contributed by atoms with Crippen molar-refractivity contribution < 1.29 is 14.7 Å². The van der Waals surface area contributed by atoms with E-state index in [0.29, 0.717) is 5.69 Å². The lowest BCUT2D eigenvalue weighted by Gasteiger charge is -2.21. The molecular weight excluding hydrogens is 372 g/mol. The maximum Gasteiger partial charge on any atom is 0.290 e.